The summed E-state index contributed by atoms with van der Waals surface area (Å²) in [5.74, 6) is 1.96. The van der Waals surface area contributed by atoms with Crippen LogP contribution in [0.1, 0.15) is 30.5 Å². The zero-order chi connectivity index (χ0) is 17.9. The van der Waals surface area contributed by atoms with Gasteiger partial charge in [0.15, 0.2) is 0 Å². The quantitative estimate of drug-likeness (QED) is 0.731. The summed E-state index contributed by atoms with van der Waals surface area (Å²) in [6.07, 6.45) is 4.67. The van der Waals surface area contributed by atoms with Crippen molar-refractivity contribution in [1.82, 2.24) is 14.9 Å². The molecule has 1 aromatic carbocycles. The van der Waals surface area contributed by atoms with Gasteiger partial charge in [0.25, 0.3) is 0 Å². The smallest absolute Gasteiger partial charge is 0.137 e. The SMILES string of the molecule is OC(c1ncc[nH]1)C1CCN(Cc2ccc(-c3ccccc3F)o2)CC1. The molecule has 1 atom stereocenters. The first kappa shape index (κ1) is 17.0. The van der Waals surface area contributed by atoms with E-state index in [1.807, 2.05) is 12.1 Å². The van der Waals surface area contributed by atoms with E-state index in [0.29, 0.717) is 23.7 Å². The second-order valence-corrected chi connectivity index (χ2v) is 6.78. The van der Waals surface area contributed by atoms with Crippen molar-refractivity contribution in [2.45, 2.75) is 25.5 Å². The van der Waals surface area contributed by atoms with Crippen LogP contribution in [-0.2, 0) is 6.54 Å². The lowest BCUT2D eigenvalue weighted by Gasteiger charge is -2.33. The van der Waals surface area contributed by atoms with Gasteiger partial charge in [-0.2, -0.15) is 0 Å². The molecule has 5 nitrogen and oxygen atoms in total. The van der Waals surface area contributed by atoms with Crippen molar-refractivity contribution in [1.29, 1.82) is 0 Å². The number of piperidine rings is 1. The molecule has 0 radical (unpaired) electrons. The van der Waals surface area contributed by atoms with Crippen molar-refractivity contribution in [2.24, 2.45) is 5.92 Å². The molecule has 1 saturated heterocycles. The highest BCUT2D eigenvalue weighted by atomic mass is 19.1. The number of aromatic nitrogens is 2. The van der Waals surface area contributed by atoms with Gasteiger partial charge >= 0.3 is 0 Å². The average Bonchev–Trinajstić information content (AvgIpc) is 3.34. The van der Waals surface area contributed by atoms with Gasteiger partial charge in [-0.25, -0.2) is 9.37 Å². The Morgan fingerprint density at radius 1 is 1.23 bits per heavy atom. The van der Waals surface area contributed by atoms with Crippen LogP contribution in [0, 0.1) is 11.7 Å². The number of benzene rings is 1. The fraction of sp³-hybridized carbons (Fsp3) is 0.350. The van der Waals surface area contributed by atoms with Crippen molar-refractivity contribution >= 4 is 0 Å². The molecule has 3 aromatic rings. The Bertz CT molecular complexity index is 838. The van der Waals surface area contributed by atoms with Crippen LogP contribution in [0.15, 0.2) is 53.2 Å². The topological polar surface area (TPSA) is 65.3 Å². The minimum atomic E-state index is -0.538. The van der Waals surface area contributed by atoms with E-state index in [2.05, 4.69) is 14.9 Å². The van der Waals surface area contributed by atoms with Crippen LogP contribution < -0.4 is 0 Å². The number of imidazole rings is 1. The van der Waals surface area contributed by atoms with E-state index in [1.165, 1.54) is 6.07 Å². The molecule has 3 heterocycles. The molecule has 2 aromatic heterocycles. The van der Waals surface area contributed by atoms with Gasteiger partial charge in [0, 0.05) is 12.4 Å². The average molecular weight is 355 g/mol. The van der Waals surface area contributed by atoms with Crippen LogP contribution in [0.3, 0.4) is 0 Å². The summed E-state index contributed by atoms with van der Waals surface area (Å²) in [7, 11) is 0. The zero-order valence-corrected chi connectivity index (χ0v) is 14.4. The molecule has 136 valence electrons. The summed E-state index contributed by atoms with van der Waals surface area (Å²) in [6, 6.07) is 10.4. The predicted octanol–water partition coefficient (Wildman–Crippen LogP) is 3.75. The summed E-state index contributed by atoms with van der Waals surface area (Å²) in [5, 5.41) is 10.4. The van der Waals surface area contributed by atoms with Crippen molar-refractivity contribution < 1.29 is 13.9 Å². The Hall–Kier alpha value is -2.44. The Balaban J connectivity index is 1.34. The number of nitrogens with zero attached hydrogens (tertiary/aromatic N) is 2. The number of rotatable bonds is 5. The fourth-order valence-electron chi connectivity index (χ4n) is 3.58. The minimum absolute atomic E-state index is 0.211. The van der Waals surface area contributed by atoms with Crippen LogP contribution in [0.4, 0.5) is 4.39 Å². The standard InChI is InChI=1S/C20H22FN3O2/c21-17-4-2-1-3-16(17)18-6-5-15(26-18)13-24-11-7-14(8-12-24)19(25)20-22-9-10-23-20/h1-6,9-10,14,19,25H,7-8,11-13H2,(H,22,23). The molecule has 1 unspecified atom stereocenters. The minimum Gasteiger partial charge on any atom is -0.460 e. The third kappa shape index (κ3) is 3.57. The summed E-state index contributed by atoms with van der Waals surface area (Å²) in [6.45, 7) is 2.47. The lowest BCUT2D eigenvalue weighted by atomic mass is 9.91. The van der Waals surface area contributed by atoms with E-state index in [-0.39, 0.29) is 11.7 Å². The fourth-order valence-corrected chi connectivity index (χ4v) is 3.58. The van der Waals surface area contributed by atoms with Crippen molar-refractivity contribution in [3.05, 3.63) is 66.2 Å². The van der Waals surface area contributed by atoms with Gasteiger partial charge in [-0.3, -0.25) is 4.90 Å². The third-order valence-corrected chi connectivity index (χ3v) is 5.06. The van der Waals surface area contributed by atoms with Gasteiger partial charge in [0.05, 0.1) is 12.1 Å². The number of hydrogen-bond acceptors (Lipinski definition) is 4. The normalized spacial score (nSPS) is 17.5. The highest BCUT2D eigenvalue weighted by Crippen LogP contribution is 2.30. The summed E-state index contributed by atoms with van der Waals surface area (Å²) < 4.78 is 19.7. The molecule has 4 rings (SSSR count). The maximum atomic E-state index is 13.9. The van der Waals surface area contributed by atoms with E-state index >= 15 is 0 Å². The molecule has 0 aliphatic carbocycles. The number of aromatic amines is 1. The zero-order valence-electron chi connectivity index (χ0n) is 14.4. The second kappa shape index (κ2) is 7.43. The van der Waals surface area contributed by atoms with Gasteiger partial charge in [0.1, 0.15) is 29.3 Å². The first-order valence-corrected chi connectivity index (χ1v) is 8.94. The highest BCUT2D eigenvalue weighted by Gasteiger charge is 2.28. The van der Waals surface area contributed by atoms with Gasteiger partial charge in [-0.05, 0) is 56.1 Å². The number of nitrogens with one attached hydrogen (secondary N) is 1. The van der Waals surface area contributed by atoms with Crippen LogP contribution in [0.2, 0.25) is 0 Å². The molecule has 0 bridgehead atoms. The van der Waals surface area contributed by atoms with Gasteiger partial charge < -0.3 is 14.5 Å². The molecule has 1 fully saturated rings. The van der Waals surface area contributed by atoms with E-state index in [9.17, 15) is 9.50 Å². The maximum Gasteiger partial charge on any atom is 0.137 e. The van der Waals surface area contributed by atoms with E-state index in [0.717, 1.165) is 31.7 Å². The van der Waals surface area contributed by atoms with E-state index in [4.69, 9.17) is 4.42 Å². The monoisotopic (exact) mass is 355 g/mol. The number of halogens is 1. The summed E-state index contributed by atoms with van der Waals surface area (Å²) in [4.78, 5) is 9.44. The molecule has 2 N–H and O–H groups in total. The van der Waals surface area contributed by atoms with Crippen LogP contribution >= 0.6 is 0 Å². The van der Waals surface area contributed by atoms with Gasteiger partial charge in [-0.1, -0.05) is 12.1 Å². The molecule has 1 aliphatic heterocycles. The first-order valence-electron chi connectivity index (χ1n) is 8.94. The molecule has 0 spiro atoms. The van der Waals surface area contributed by atoms with Crippen LogP contribution in [0.25, 0.3) is 11.3 Å². The Labute approximate surface area is 151 Å². The number of H-pyrrole nitrogens is 1. The van der Waals surface area contributed by atoms with Gasteiger partial charge in [0.2, 0.25) is 0 Å². The lowest BCUT2D eigenvalue weighted by molar-refractivity contribution is 0.0498. The Morgan fingerprint density at radius 2 is 2.04 bits per heavy atom. The molecule has 0 saturated carbocycles. The Morgan fingerprint density at radius 3 is 2.77 bits per heavy atom. The molecule has 1 aliphatic rings. The number of furan rings is 1. The molecule has 26 heavy (non-hydrogen) atoms. The Kier molecular flexibility index (Phi) is 4.86. The van der Waals surface area contributed by atoms with Crippen molar-refractivity contribution in [3.63, 3.8) is 0 Å². The largest absolute Gasteiger partial charge is 0.460 e. The number of likely N-dealkylation sites (tertiary alicyclic amines) is 1. The van der Waals surface area contributed by atoms with Gasteiger partial charge in [-0.15, -0.1) is 0 Å². The first-order chi connectivity index (χ1) is 12.7. The van der Waals surface area contributed by atoms with E-state index in [1.54, 1.807) is 30.6 Å². The maximum absolute atomic E-state index is 13.9. The number of hydrogen-bond donors (Lipinski definition) is 2. The number of aliphatic hydroxyl groups is 1. The lowest BCUT2D eigenvalue weighted by Crippen LogP contribution is -2.35. The molecule has 0 amide bonds. The summed E-state index contributed by atoms with van der Waals surface area (Å²) >= 11 is 0. The highest BCUT2D eigenvalue weighted by molar-refractivity contribution is 5.58. The molecule has 6 heteroatoms. The van der Waals surface area contributed by atoms with Crippen molar-refractivity contribution in [3.8, 4) is 11.3 Å². The second-order valence-electron chi connectivity index (χ2n) is 6.78. The predicted molar refractivity (Wildman–Crippen MR) is 95.7 cm³/mol. The third-order valence-electron chi connectivity index (χ3n) is 5.06. The van der Waals surface area contributed by atoms with E-state index < -0.39 is 6.10 Å². The molecular weight excluding hydrogens is 333 g/mol. The molecular formula is C20H22FN3O2. The number of aliphatic hydroxyl groups excluding tert-OH is 1. The van der Waals surface area contributed by atoms with Crippen molar-refractivity contribution in [2.75, 3.05) is 13.1 Å². The summed E-state index contributed by atoms with van der Waals surface area (Å²) in [5.41, 5.74) is 0.485. The van der Waals surface area contributed by atoms with Crippen LogP contribution in [-0.4, -0.2) is 33.1 Å². The van der Waals surface area contributed by atoms with Crippen LogP contribution in [0.5, 0.6) is 0 Å².